The zero-order chi connectivity index (χ0) is 14.7. The Hall–Kier alpha value is -2.27. The number of benzene rings is 1. The molecule has 1 aromatic carbocycles. The summed E-state index contributed by atoms with van der Waals surface area (Å²) in [6.45, 7) is 2.31. The number of carbonyl (C=O) groups excluding carboxylic acids is 2. The first kappa shape index (κ1) is 13.7. The second kappa shape index (κ2) is 6.01. The fourth-order valence-electron chi connectivity index (χ4n) is 2.51. The Bertz CT molecular complexity index is 678. The Morgan fingerprint density at radius 2 is 2.05 bits per heavy atom. The highest BCUT2D eigenvalue weighted by Gasteiger charge is 2.20. The predicted octanol–water partition coefficient (Wildman–Crippen LogP) is 1.45. The molecule has 1 aliphatic rings. The Kier molecular flexibility index (Phi) is 3.92. The minimum Gasteiger partial charge on any atom is -0.378 e. The molecule has 5 nitrogen and oxygen atoms in total. The van der Waals surface area contributed by atoms with Gasteiger partial charge in [-0.2, -0.15) is 0 Å². The van der Waals surface area contributed by atoms with Crippen LogP contribution in [0.25, 0.3) is 10.9 Å². The van der Waals surface area contributed by atoms with Crippen LogP contribution in [0, 0.1) is 0 Å². The van der Waals surface area contributed by atoms with E-state index in [1.807, 2.05) is 24.3 Å². The summed E-state index contributed by atoms with van der Waals surface area (Å²) in [5, 5.41) is 0.938. The smallest absolute Gasteiger partial charge is 0.272 e. The topological polar surface area (TPSA) is 59.5 Å². The molecular formula is C16H16N2O3. The number of hydrogen-bond acceptors (Lipinski definition) is 4. The maximum atomic E-state index is 12.5. The van der Waals surface area contributed by atoms with Crippen LogP contribution < -0.4 is 0 Å². The van der Waals surface area contributed by atoms with E-state index in [0.717, 1.165) is 22.8 Å². The largest absolute Gasteiger partial charge is 0.378 e. The van der Waals surface area contributed by atoms with Gasteiger partial charge in [0.1, 0.15) is 12.0 Å². The van der Waals surface area contributed by atoms with Gasteiger partial charge in [-0.3, -0.25) is 4.79 Å². The molecule has 108 valence electrons. The average molecular weight is 284 g/mol. The van der Waals surface area contributed by atoms with Crippen LogP contribution in [0.2, 0.25) is 0 Å². The molecular weight excluding hydrogens is 268 g/mol. The molecule has 0 atom stereocenters. The summed E-state index contributed by atoms with van der Waals surface area (Å²) in [5.41, 5.74) is 1.99. The van der Waals surface area contributed by atoms with Crippen LogP contribution in [0.15, 0.2) is 30.3 Å². The van der Waals surface area contributed by atoms with Crippen LogP contribution >= 0.6 is 0 Å². The van der Waals surface area contributed by atoms with E-state index < -0.39 is 0 Å². The molecule has 0 spiro atoms. The second-order valence-corrected chi connectivity index (χ2v) is 4.96. The summed E-state index contributed by atoms with van der Waals surface area (Å²) in [7, 11) is 0. The molecule has 2 aromatic rings. The standard InChI is InChI=1S/C16H16N2O3/c19-9-6-13-3-1-2-12-4-5-14(17-15(12)13)16(20)18-7-10-21-11-8-18/h1-5,9H,6-8,10-11H2. The molecule has 3 rings (SSSR count). The second-order valence-electron chi connectivity index (χ2n) is 4.96. The van der Waals surface area contributed by atoms with Gasteiger partial charge in [0.15, 0.2) is 0 Å². The summed E-state index contributed by atoms with van der Waals surface area (Å²) in [4.78, 5) is 29.4. The van der Waals surface area contributed by atoms with E-state index in [4.69, 9.17) is 4.74 Å². The SMILES string of the molecule is O=CCc1cccc2ccc(C(=O)N3CCOCC3)nc12. The van der Waals surface area contributed by atoms with Gasteiger partial charge in [-0.05, 0) is 11.6 Å². The van der Waals surface area contributed by atoms with Crippen molar-refractivity contribution in [2.24, 2.45) is 0 Å². The van der Waals surface area contributed by atoms with E-state index in [1.165, 1.54) is 0 Å². The first-order chi connectivity index (χ1) is 10.3. The lowest BCUT2D eigenvalue weighted by molar-refractivity contribution is -0.107. The number of morpholine rings is 1. The number of pyridine rings is 1. The van der Waals surface area contributed by atoms with Crippen molar-refractivity contribution in [2.45, 2.75) is 6.42 Å². The number of fused-ring (bicyclic) bond motifs is 1. The zero-order valence-electron chi connectivity index (χ0n) is 11.6. The van der Waals surface area contributed by atoms with Crippen molar-refractivity contribution in [1.29, 1.82) is 0 Å². The molecule has 21 heavy (non-hydrogen) atoms. The maximum absolute atomic E-state index is 12.5. The van der Waals surface area contributed by atoms with Gasteiger partial charge >= 0.3 is 0 Å². The van der Waals surface area contributed by atoms with Crippen molar-refractivity contribution >= 4 is 23.1 Å². The maximum Gasteiger partial charge on any atom is 0.272 e. The van der Waals surface area contributed by atoms with Crippen molar-refractivity contribution in [2.75, 3.05) is 26.3 Å². The van der Waals surface area contributed by atoms with E-state index in [2.05, 4.69) is 4.98 Å². The zero-order valence-corrected chi connectivity index (χ0v) is 11.6. The van der Waals surface area contributed by atoms with Crippen LogP contribution in [0.4, 0.5) is 0 Å². The van der Waals surface area contributed by atoms with Gasteiger partial charge < -0.3 is 14.4 Å². The molecule has 1 fully saturated rings. The predicted molar refractivity (Wildman–Crippen MR) is 78.2 cm³/mol. The molecule has 1 saturated heterocycles. The number of aldehydes is 1. The third-order valence-electron chi connectivity index (χ3n) is 3.62. The number of ether oxygens (including phenoxy) is 1. The van der Waals surface area contributed by atoms with Crippen molar-refractivity contribution in [3.8, 4) is 0 Å². The van der Waals surface area contributed by atoms with Gasteiger partial charge in [-0.15, -0.1) is 0 Å². The highest BCUT2D eigenvalue weighted by atomic mass is 16.5. The van der Waals surface area contributed by atoms with Crippen molar-refractivity contribution in [1.82, 2.24) is 9.88 Å². The van der Waals surface area contributed by atoms with Crippen LogP contribution in [0.1, 0.15) is 16.1 Å². The molecule has 0 radical (unpaired) electrons. The van der Waals surface area contributed by atoms with Crippen molar-refractivity contribution in [3.05, 3.63) is 41.6 Å². The Morgan fingerprint density at radius 3 is 2.81 bits per heavy atom. The van der Waals surface area contributed by atoms with Crippen LogP contribution in [0.3, 0.4) is 0 Å². The van der Waals surface area contributed by atoms with E-state index >= 15 is 0 Å². The van der Waals surface area contributed by atoms with Crippen molar-refractivity contribution < 1.29 is 14.3 Å². The number of amides is 1. The highest BCUT2D eigenvalue weighted by molar-refractivity contribution is 5.95. The Morgan fingerprint density at radius 1 is 1.24 bits per heavy atom. The third-order valence-corrected chi connectivity index (χ3v) is 3.62. The van der Waals surface area contributed by atoms with Gasteiger partial charge in [-0.25, -0.2) is 4.98 Å². The van der Waals surface area contributed by atoms with Crippen molar-refractivity contribution in [3.63, 3.8) is 0 Å². The average Bonchev–Trinajstić information content (AvgIpc) is 2.55. The van der Waals surface area contributed by atoms with Gasteiger partial charge in [0.25, 0.3) is 5.91 Å². The molecule has 0 unspecified atom stereocenters. The molecule has 5 heteroatoms. The third kappa shape index (κ3) is 2.78. The summed E-state index contributed by atoms with van der Waals surface area (Å²) in [6.07, 6.45) is 1.16. The minimum absolute atomic E-state index is 0.0823. The molecule has 0 bridgehead atoms. The monoisotopic (exact) mass is 284 g/mol. The van der Waals surface area contributed by atoms with Gasteiger partial charge in [0.05, 0.1) is 18.7 Å². The number of rotatable bonds is 3. The van der Waals surface area contributed by atoms with E-state index in [9.17, 15) is 9.59 Å². The summed E-state index contributed by atoms with van der Waals surface area (Å²) >= 11 is 0. The van der Waals surface area contributed by atoms with Crippen LogP contribution in [0.5, 0.6) is 0 Å². The summed E-state index contributed by atoms with van der Waals surface area (Å²) in [5.74, 6) is -0.0823. The molecule has 1 aromatic heterocycles. The molecule has 0 N–H and O–H groups in total. The van der Waals surface area contributed by atoms with Gasteiger partial charge in [0, 0.05) is 24.9 Å². The lowest BCUT2D eigenvalue weighted by Gasteiger charge is -2.26. The summed E-state index contributed by atoms with van der Waals surface area (Å²) < 4.78 is 5.25. The molecule has 1 amide bonds. The number of para-hydroxylation sites is 1. The van der Waals surface area contributed by atoms with Gasteiger partial charge in [0.2, 0.25) is 0 Å². The van der Waals surface area contributed by atoms with E-state index in [-0.39, 0.29) is 5.91 Å². The number of hydrogen-bond donors (Lipinski definition) is 0. The summed E-state index contributed by atoms with van der Waals surface area (Å²) in [6, 6.07) is 9.31. The number of carbonyl (C=O) groups is 2. The molecule has 0 aliphatic carbocycles. The number of nitrogens with zero attached hydrogens (tertiary/aromatic N) is 2. The first-order valence-electron chi connectivity index (χ1n) is 6.99. The molecule has 2 heterocycles. The van der Waals surface area contributed by atoms with Crippen LogP contribution in [-0.4, -0.2) is 48.4 Å². The molecule has 1 aliphatic heterocycles. The lowest BCUT2D eigenvalue weighted by Crippen LogP contribution is -2.41. The molecule has 0 saturated carbocycles. The van der Waals surface area contributed by atoms with E-state index in [0.29, 0.717) is 38.4 Å². The lowest BCUT2D eigenvalue weighted by atomic mass is 10.1. The van der Waals surface area contributed by atoms with Crippen LogP contribution in [-0.2, 0) is 16.0 Å². The minimum atomic E-state index is -0.0823. The van der Waals surface area contributed by atoms with E-state index in [1.54, 1.807) is 11.0 Å². The van der Waals surface area contributed by atoms with Gasteiger partial charge in [-0.1, -0.05) is 24.3 Å². The fraction of sp³-hybridized carbons (Fsp3) is 0.312. The quantitative estimate of drug-likeness (QED) is 0.800. The fourth-order valence-corrected chi connectivity index (χ4v) is 2.51. The highest BCUT2D eigenvalue weighted by Crippen LogP contribution is 2.18. The first-order valence-corrected chi connectivity index (χ1v) is 6.99. The number of aromatic nitrogens is 1. The Labute approximate surface area is 122 Å². The Balaban J connectivity index is 1.97. The normalized spacial score (nSPS) is 15.1.